The summed E-state index contributed by atoms with van der Waals surface area (Å²) in [6.07, 6.45) is 5.23. The molecule has 0 amide bonds. The number of aryl methyl sites for hydroxylation is 1. The zero-order chi connectivity index (χ0) is 13.5. The van der Waals surface area contributed by atoms with Crippen LogP contribution in [-0.2, 0) is 11.2 Å². The van der Waals surface area contributed by atoms with Gasteiger partial charge < -0.3 is 14.6 Å². The third-order valence-electron chi connectivity index (χ3n) is 3.54. The van der Waals surface area contributed by atoms with E-state index in [0.29, 0.717) is 12.0 Å². The number of aromatic nitrogens is 2. The largest absolute Gasteiger partial charge is 0.381 e. The fraction of sp³-hybridized carbons (Fsp3) is 0.857. The van der Waals surface area contributed by atoms with Gasteiger partial charge in [0.05, 0.1) is 6.61 Å². The molecule has 2 unspecified atom stereocenters. The number of nitrogens with zero attached hydrogens (tertiary/aromatic N) is 2. The van der Waals surface area contributed by atoms with Gasteiger partial charge in [0.1, 0.15) is 0 Å². The van der Waals surface area contributed by atoms with Gasteiger partial charge in [-0.3, -0.25) is 0 Å². The van der Waals surface area contributed by atoms with Crippen LogP contribution >= 0.6 is 0 Å². The number of hydrogen-bond donors (Lipinski definition) is 1. The molecular weight excluding hydrogens is 242 g/mol. The molecule has 1 aromatic heterocycles. The molecule has 1 saturated heterocycles. The van der Waals surface area contributed by atoms with E-state index in [1.807, 2.05) is 0 Å². The van der Waals surface area contributed by atoms with Gasteiger partial charge in [0, 0.05) is 25.0 Å². The maximum atomic E-state index is 5.46. The summed E-state index contributed by atoms with van der Waals surface area (Å²) >= 11 is 0. The first kappa shape index (κ1) is 14.5. The Labute approximate surface area is 115 Å². The van der Waals surface area contributed by atoms with Crippen molar-refractivity contribution in [2.45, 2.75) is 57.9 Å². The van der Waals surface area contributed by atoms with E-state index in [-0.39, 0.29) is 0 Å². The summed E-state index contributed by atoms with van der Waals surface area (Å²) in [6.45, 7) is 7.03. The first-order chi connectivity index (χ1) is 9.29. The van der Waals surface area contributed by atoms with Crippen molar-refractivity contribution in [1.82, 2.24) is 15.5 Å². The van der Waals surface area contributed by atoms with Crippen LogP contribution in [-0.4, -0.2) is 35.9 Å². The topological polar surface area (TPSA) is 60.2 Å². The number of ether oxygens (including phenoxy) is 1. The molecule has 1 aromatic rings. The molecule has 2 heterocycles. The molecular formula is C14H25N3O2. The lowest BCUT2D eigenvalue weighted by molar-refractivity contribution is 0.0773. The Balaban J connectivity index is 1.77. The van der Waals surface area contributed by atoms with E-state index in [1.54, 1.807) is 0 Å². The minimum atomic E-state index is 0.321. The number of rotatable bonds is 7. The normalized spacial score (nSPS) is 21.5. The highest BCUT2D eigenvalue weighted by atomic mass is 16.5. The quantitative estimate of drug-likeness (QED) is 0.821. The monoisotopic (exact) mass is 267 g/mol. The molecule has 108 valence electrons. The summed E-state index contributed by atoms with van der Waals surface area (Å²) in [4.78, 5) is 4.50. The molecule has 5 heteroatoms. The third-order valence-corrected chi connectivity index (χ3v) is 3.54. The Morgan fingerprint density at radius 2 is 2.37 bits per heavy atom. The Hall–Kier alpha value is -0.940. The zero-order valence-electron chi connectivity index (χ0n) is 12.0. The van der Waals surface area contributed by atoms with Gasteiger partial charge in [-0.2, -0.15) is 4.98 Å². The van der Waals surface area contributed by atoms with Crippen LogP contribution in [0.5, 0.6) is 0 Å². The van der Waals surface area contributed by atoms with Crippen molar-refractivity contribution in [3.63, 3.8) is 0 Å². The minimum Gasteiger partial charge on any atom is -0.381 e. The standard InChI is InChI=1S/C14H25N3O2/c1-3-8-15-11(2)6-7-13-16-14(17-19-13)12-5-4-9-18-10-12/h11-12,15H,3-10H2,1-2H3. The maximum absolute atomic E-state index is 5.46. The van der Waals surface area contributed by atoms with Crippen LogP contribution < -0.4 is 5.32 Å². The molecule has 19 heavy (non-hydrogen) atoms. The summed E-state index contributed by atoms with van der Waals surface area (Å²) in [6, 6.07) is 0.494. The lowest BCUT2D eigenvalue weighted by atomic mass is 10.0. The summed E-state index contributed by atoms with van der Waals surface area (Å²) in [7, 11) is 0. The molecule has 2 rings (SSSR count). The van der Waals surface area contributed by atoms with Gasteiger partial charge in [-0.25, -0.2) is 0 Å². The molecule has 0 radical (unpaired) electrons. The van der Waals surface area contributed by atoms with E-state index in [4.69, 9.17) is 9.26 Å². The van der Waals surface area contributed by atoms with Gasteiger partial charge in [0.2, 0.25) is 5.89 Å². The summed E-state index contributed by atoms with van der Waals surface area (Å²) in [5.41, 5.74) is 0. The Bertz CT molecular complexity index is 361. The van der Waals surface area contributed by atoms with Crippen molar-refractivity contribution in [2.75, 3.05) is 19.8 Å². The van der Waals surface area contributed by atoms with E-state index in [9.17, 15) is 0 Å². The molecule has 0 saturated carbocycles. The average molecular weight is 267 g/mol. The third kappa shape index (κ3) is 4.58. The molecule has 1 aliphatic rings. The van der Waals surface area contributed by atoms with Gasteiger partial charge in [0.25, 0.3) is 0 Å². The van der Waals surface area contributed by atoms with Gasteiger partial charge in [-0.05, 0) is 39.2 Å². The molecule has 0 aromatic carbocycles. The second kappa shape index (κ2) is 7.60. The van der Waals surface area contributed by atoms with Crippen LogP contribution in [0.1, 0.15) is 57.2 Å². The average Bonchev–Trinajstić information content (AvgIpc) is 2.93. The second-order valence-corrected chi connectivity index (χ2v) is 5.35. The smallest absolute Gasteiger partial charge is 0.226 e. The van der Waals surface area contributed by atoms with Crippen molar-refractivity contribution in [3.05, 3.63) is 11.7 Å². The summed E-state index contributed by atoms with van der Waals surface area (Å²) in [5, 5.41) is 7.56. The predicted molar refractivity (Wildman–Crippen MR) is 73.2 cm³/mol. The van der Waals surface area contributed by atoms with Crippen molar-refractivity contribution in [3.8, 4) is 0 Å². The van der Waals surface area contributed by atoms with Crippen molar-refractivity contribution < 1.29 is 9.26 Å². The lowest BCUT2D eigenvalue weighted by Gasteiger charge is -2.18. The van der Waals surface area contributed by atoms with Crippen molar-refractivity contribution in [1.29, 1.82) is 0 Å². The second-order valence-electron chi connectivity index (χ2n) is 5.35. The molecule has 1 N–H and O–H groups in total. The van der Waals surface area contributed by atoms with Crippen LogP contribution in [0.15, 0.2) is 4.52 Å². The SMILES string of the molecule is CCCNC(C)CCc1nc(C2CCCOC2)no1. The van der Waals surface area contributed by atoms with Gasteiger partial charge in [-0.1, -0.05) is 12.1 Å². The Morgan fingerprint density at radius 3 is 3.11 bits per heavy atom. The molecule has 0 bridgehead atoms. The van der Waals surface area contributed by atoms with Crippen LogP contribution in [0.2, 0.25) is 0 Å². The van der Waals surface area contributed by atoms with E-state index in [1.165, 1.54) is 0 Å². The molecule has 1 aliphatic heterocycles. The summed E-state index contributed by atoms with van der Waals surface area (Å²) in [5.74, 6) is 1.90. The van der Waals surface area contributed by atoms with Crippen molar-refractivity contribution in [2.24, 2.45) is 0 Å². The van der Waals surface area contributed by atoms with Crippen LogP contribution in [0.25, 0.3) is 0 Å². The lowest BCUT2D eigenvalue weighted by Crippen LogP contribution is -2.27. The molecule has 0 aliphatic carbocycles. The fourth-order valence-corrected chi connectivity index (χ4v) is 2.31. The van der Waals surface area contributed by atoms with Gasteiger partial charge in [0.15, 0.2) is 5.82 Å². The first-order valence-corrected chi connectivity index (χ1v) is 7.43. The van der Waals surface area contributed by atoms with Gasteiger partial charge in [-0.15, -0.1) is 0 Å². The number of hydrogen-bond acceptors (Lipinski definition) is 5. The van der Waals surface area contributed by atoms with E-state index in [0.717, 1.165) is 63.6 Å². The van der Waals surface area contributed by atoms with Gasteiger partial charge >= 0.3 is 0 Å². The zero-order valence-corrected chi connectivity index (χ0v) is 12.0. The Morgan fingerprint density at radius 1 is 1.47 bits per heavy atom. The van der Waals surface area contributed by atoms with E-state index >= 15 is 0 Å². The van der Waals surface area contributed by atoms with Crippen LogP contribution in [0, 0.1) is 0 Å². The first-order valence-electron chi connectivity index (χ1n) is 7.43. The van der Waals surface area contributed by atoms with Crippen molar-refractivity contribution >= 4 is 0 Å². The molecule has 1 fully saturated rings. The van der Waals surface area contributed by atoms with Crippen LogP contribution in [0.4, 0.5) is 0 Å². The minimum absolute atomic E-state index is 0.321. The highest BCUT2D eigenvalue weighted by Crippen LogP contribution is 2.23. The molecule has 5 nitrogen and oxygen atoms in total. The number of nitrogens with one attached hydrogen (secondary N) is 1. The van der Waals surface area contributed by atoms with E-state index < -0.39 is 0 Å². The highest BCUT2D eigenvalue weighted by Gasteiger charge is 2.21. The fourth-order valence-electron chi connectivity index (χ4n) is 2.31. The highest BCUT2D eigenvalue weighted by molar-refractivity contribution is 4.97. The Kier molecular flexibility index (Phi) is 5.79. The molecule has 0 spiro atoms. The van der Waals surface area contributed by atoms with E-state index in [2.05, 4.69) is 29.3 Å². The molecule has 2 atom stereocenters. The maximum Gasteiger partial charge on any atom is 0.226 e. The van der Waals surface area contributed by atoms with Crippen LogP contribution in [0.3, 0.4) is 0 Å². The summed E-state index contributed by atoms with van der Waals surface area (Å²) < 4.78 is 10.8. The predicted octanol–water partition coefficient (Wildman–Crippen LogP) is 2.28.